The predicted molar refractivity (Wildman–Crippen MR) is 56.0 cm³/mol. The molecule has 1 fully saturated rings. The fraction of sp³-hybridized carbons (Fsp3) is 0.455. The zero-order chi connectivity index (χ0) is 11.1. The zero-order valence-corrected chi connectivity index (χ0v) is 8.95. The molecule has 1 saturated carbocycles. The van der Waals surface area contributed by atoms with Crippen molar-refractivity contribution >= 4 is 11.6 Å². The first kappa shape index (κ1) is 10.8. The molecule has 0 bridgehead atoms. The zero-order valence-electron chi connectivity index (χ0n) is 8.19. The van der Waals surface area contributed by atoms with Crippen LogP contribution in [0.25, 0.3) is 0 Å². The predicted octanol–water partition coefficient (Wildman–Crippen LogP) is 3.00. The molecule has 1 aromatic carbocycles. The first-order valence-electron chi connectivity index (χ1n) is 4.94. The van der Waals surface area contributed by atoms with Crippen molar-refractivity contribution in [1.29, 1.82) is 0 Å². The second-order valence-corrected chi connectivity index (χ2v) is 4.50. The Bertz CT molecular complexity index is 360. The highest BCUT2D eigenvalue weighted by Gasteiger charge is 2.38. The van der Waals surface area contributed by atoms with Gasteiger partial charge in [-0.25, -0.2) is 8.78 Å². The van der Waals surface area contributed by atoms with Crippen LogP contribution in [0.1, 0.15) is 24.8 Å². The molecule has 1 nitrogen and oxygen atoms in total. The van der Waals surface area contributed by atoms with Crippen molar-refractivity contribution in [3.8, 4) is 0 Å². The average Bonchev–Trinajstić information content (AvgIpc) is 2.13. The third kappa shape index (κ3) is 1.64. The van der Waals surface area contributed by atoms with E-state index in [0.717, 1.165) is 24.8 Å². The smallest absolute Gasteiger partial charge is 0.177 e. The second kappa shape index (κ2) is 3.72. The van der Waals surface area contributed by atoms with Gasteiger partial charge in [0, 0.05) is 12.0 Å². The van der Waals surface area contributed by atoms with Gasteiger partial charge in [-0.2, -0.15) is 0 Å². The largest absolute Gasteiger partial charge is 0.330 e. The number of halogens is 3. The lowest BCUT2D eigenvalue weighted by Gasteiger charge is -2.41. The maximum Gasteiger partial charge on any atom is 0.177 e. The fourth-order valence-electron chi connectivity index (χ4n) is 2.08. The Morgan fingerprint density at radius 2 is 2.00 bits per heavy atom. The monoisotopic (exact) mass is 231 g/mol. The van der Waals surface area contributed by atoms with Crippen LogP contribution in [-0.2, 0) is 5.41 Å². The Morgan fingerprint density at radius 3 is 2.40 bits per heavy atom. The molecular formula is C11H12ClF2N. The minimum Gasteiger partial charge on any atom is -0.330 e. The lowest BCUT2D eigenvalue weighted by Crippen LogP contribution is -2.41. The summed E-state index contributed by atoms with van der Waals surface area (Å²) in [5.74, 6) is -1.87. The lowest BCUT2D eigenvalue weighted by molar-refractivity contribution is 0.252. The Labute approximate surface area is 92.2 Å². The molecule has 0 radical (unpaired) electrons. The van der Waals surface area contributed by atoms with E-state index in [9.17, 15) is 8.78 Å². The number of hydrogen-bond acceptors (Lipinski definition) is 1. The average molecular weight is 232 g/mol. The Balaban J connectivity index is 2.45. The van der Waals surface area contributed by atoms with Crippen molar-refractivity contribution in [2.75, 3.05) is 6.54 Å². The summed E-state index contributed by atoms with van der Waals surface area (Å²) in [5.41, 5.74) is 6.22. The maximum atomic E-state index is 13.2. The molecule has 0 aliphatic heterocycles. The first-order chi connectivity index (χ1) is 7.09. The van der Waals surface area contributed by atoms with E-state index in [0.29, 0.717) is 6.54 Å². The quantitative estimate of drug-likeness (QED) is 0.778. The first-order valence-corrected chi connectivity index (χ1v) is 5.32. The van der Waals surface area contributed by atoms with Gasteiger partial charge in [0.25, 0.3) is 0 Å². The van der Waals surface area contributed by atoms with Crippen LogP contribution in [0.15, 0.2) is 12.1 Å². The van der Waals surface area contributed by atoms with E-state index in [1.165, 1.54) is 12.1 Å². The van der Waals surface area contributed by atoms with Crippen LogP contribution in [0.3, 0.4) is 0 Å². The van der Waals surface area contributed by atoms with Crippen LogP contribution < -0.4 is 5.73 Å². The SMILES string of the molecule is NCC1(c2cc(F)c(F)c(Cl)c2)CCC1. The highest BCUT2D eigenvalue weighted by atomic mass is 35.5. The van der Waals surface area contributed by atoms with Crippen molar-refractivity contribution in [2.45, 2.75) is 24.7 Å². The third-order valence-corrected chi connectivity index (χ3v) is 3.57. The summed E-state index contributed by atoms with van der Waals surface area (Å²) >= 11 is 5.61. The fourth-order valence-corrected chi connectivity index (χ4v) is 2.28. The van der Waals surface area contributed by atoms with E-state index in [-0.39, 0.29) is 10.4 Å². The molecule has 2 rings (SSSR count). The Kier molecular flexibility index (Phi) is 2.69. The molecule has 1 aromatic rings. The van der Waals surface area contributed by atoms with Crippen LogP contribution >= 0.6 is 11.6 Å². The molecule has 15 heavy (non-hydrogen) atoms. The number of rotatable bonds is 2. The second-order valence-electron chi connectivity index (χ2n) is 4.09. The van der Waals surface area contributed by atoms with Crippen LogP contribution in [0.2, 0.25) is 5.02 Å². The summed E-state index contributed by atoms with van der Waals surface area (Å²) in [4.78, 5) is 0. The van der Waals surface area contributed by atoms with Gasteiger partial charge in [0.05, 0.1) is 5.02 Å². The number of nitrogens with two attached hydrogens (primary N) is 1. The van der Waals surface area contributed by atoms with Crippen LogP contribution in [0.5, 0.6) is 0 Å². The maximum absolute atomic E-state index is 13.2. The summed E-state index contributed by atoms with van der Waals surface area (Å²) in [6.07, 6.45) is 2.92. The van der Waals surface area contributed by atoms with E-state index in [1.54, 1.807) is 0 Å². The van der Waals surface area contributed by atoms with Gasteiger partial charge in [0.2, 0.25) is 0 Å². The van der Waals surface area contributed by atoms with Gasteiger partial charge in [-0.05, 0) is 30.5 Å². The summed E-state index contributed by atoms with van der Waals surface area (Å²) < 4.78 is 26.2. The van der Waals surface area contributed by atoms with Crippen LogP contribution in [0, 0.1) is 11.6 Å². The Morgan fingerprint density at radius 1 is 1.33 bits per heavy atom. The third-order valence-electron chi connectivity index (χ3n) is 3.30. The topological polar surface area (TPSA) is 26.0 Å². The number of benzene rings is 1. The van der Waals surface area contributed by atoms with Crippen molar-refractivity contribution in [1.82, 2.24) is 0 Å². The molecule has 0 heterocycles. The lowest BCUT2D eigenvalue weighted by atomic mass is 9.64. The van der Waals surface area contributed by atoms with E-state index in [1.807, 2.05) is 0 Å². The molecular weight excluding hydrogens is 220 g/mol. The standard InChI is InChI=1S/C11H12ClF2N/c12-8-4-7(5-9(13)10(8)14)11(6-15)2-1-3-11/h4-5H,1-3,6,15H2. The van der Waals surface area contributed by atoms with Gasteiger partial charge < -0.3 is 5.73 Å². The van der Waals surface area contributed by atoms with Crippen molar-refractivity contribution < 1.29 is 8.78 Å². The molecule has 0 spiro atoms. The van der Waals surface area contributed by atoms with Gasteiger partial charge in [-0.3, -0.25) is 0 Å². The van der Waals surface area contributed by atoms with Crippen molar-refractivity contribution in [3.63, 3.8) is 0 Å². The van der Waals surface area contributed by atoms with Crippen molar-refractivity contribution in [2.24, 2.45) is 5.73 Å². The molecule has 1 aliphatic carbocycles. The summed E-state index contributed by atoms with van der Waals surface area (Å²) in [6.45, 7) is 0.453. The minimum atomic E-state index is -0.980. The van der Waals surface area contributed by atoms with E-state index in [2.05, 4.69) is 0 Å². The highest BCUT2D eigenvalue weighted by Crippen LogP contribution is 2.43. The van der Waals surface area contributed by atoms with Gasteiger partial charge in [-0.1, -0.05) is 18.0 Å². The van der Waals surface area contributed by atoms with Crippen LogP contribution in [-0.4, -0.2) is 6.54 Å². The molecule has 0 saturated heterocycles. The van der Waals surface area contributed by atoms with Gasteiger partial charge in [0.1, 0.15) is 0 Å². The molecule has 0 aromatic heterocycles. The van der Waals surface area contributed by atoms with Gasteiger partial charge >= 0.3 is 0 Å². The summed E-state index contributed by atoms with van der Waals surface area (Å²) in [5, 5.41) is -0.162. The van der Waals surface area contributed by atoms with Crippen LogP contribution in [0.4, 0.5) is 8.78 Å². The minimum absolute atomic E-state index is 0.162. The molecule has 0 atom stereocenters. The van der Waals surface area contributed by atoms with Crippen molar-refractivity contribution in [3.05, 3.63) is 34.4 Å². The molecule has 1 aliphatic rings. The molecule has 0 amide bonds. The number of hydrogen-bond donors (Lipinski definition) is 1. The molecule has 4 heteroatoms. The van der Waals surface area contributed by atoms with E-state index >= 15 is 0 Å². The highest BCUT2D eigenvalue weighted by molar-refractivity contribution is 6.30. The normalized spacial score (nSPS) is 18.7. The molecule has 2 N–H and O–H groups in total. The molecule has 82 valence electrons. The van der Waals surface area contributed by atoms with E-state index < -0.39 is 11.6 Å². The molecule has 0 unspecified atom stereocenters. The summed E-state index contributed by atoms with van der Waals surface area (Å²) in [6, 6.07) is 2.71. The van der Waals surface area contributed by atoms with E-state index in [4.69, 9.17) is 17.3 Å². The van der Waals surface area contributed by atoms with Gasteiger partial charge in [-0.15, -0.1) is 0 Å². The summed E-state index contributed by atoms with van der Waals surface area (Å²) in [7, 11) is 0. The van der Waals surface area contributed by atoms with Gasteiger partial charge in [0.15, 0.2) is 11.6 Å². The Hall–Kier alpha value is -0.670.